The first kappa shape index (κ1) is 15.8. The van der Waals surface area contributed by atoms with E-state index >= 15 is 0 Å². The highest BCUT2D eigenvalue weighted by molar-refractivity contribution is 9.10. The Balaban J connectivity index is 2.11. The molecule has 0 aliphatic rings. The van der Waals surface area contributed by atoms with Gasteiger partial charge in [0.05, 0.1) is 17.2 Å². The van der Waals surface area contributed by atoms with E-state index in [4.69, 9.17) is 8.60 Å². The van der Waals surface area contributed by atoms with Crippen molar-refractivity contribution in [2.75, 3.05) is 6.26 Å². The maximum absolute atomic E-state index is 12.6. The zero-order valence-electron chi connectivity index (χ0n) is 11.9. The monoisotopic (exact) mass is 394 g/mol. The molecule has 3 rings (SSSR count). The van der Waals surface area contributed by atoms with Gasteiger partial charge in [-0.15, -0.1) is 0 Å². The molecule has 3 aromatic rings. The average Bonchev–Trinajstić information content (AvgIpc) is 2.47. The van der Waals surface area contributed by atoms with Crippen LogP contribution in [0.3, 0.4) is 0 Å². The Kier molecular flexibility index (Phi) is 3.99. The van der Waals surface area contributed by atoms with Gasteiger partial charge >= 0.3 is 10.1 Å². The van der Waals surface area contributed by atoms with E-state index in [0.29, 0.717) is 10.9 Å². The molecule has 1 heterocycles. The molecule has 2 aromatic carbocycles. The Bertz CT molecular complexity index is 1040. The van der Waals surface area contributed by atoms with Gasteiger partial charge in [-0.25, -0.2) is 0 Å². The molecule has 0 spiro atoms. The number of benzene rings is 2. The third kappa shape index (κ3) is 3.46. The fourth-order valence-electron chi connectivity index (χ4n) is 2.16. The van der Waals surface area contributed by atoms with Crippen molar-refractivity contribution < 1.29 is 17.0 Å². The lowest BCUT2D eigenvalue weighted by Gasteiger charge is -2.05. The minimum absolute atomic E-state index is 0.0968. The molecule has 0 N–H and O–H groups in total. The molecule has 0 radical (unpaired) electrons. The molecule has 0 atom stereocenters. The van der Waals surface area contributed by atoms with E-state index in [-0.39, 0.29) is 16.8 Å². The van der Waals surface area contributed by atoms with E-state index in [2.05, 4.69) is 15.9 Å². The fourth-order valence-corrected chi connectivity index (χ4v) is 2.88. The summed E-state index contributed by atoms with van der Waals surface area (Å²) < 4.78 is 33.5. The predicted molar refractivity (Wildman–Crippen MR) is 91.1 cm³/mol. The molecule has 0 saturated carbocycles. The van der Waals surface area contributed by atoms with Crippen LogP contribution in [0, 0.1) is 0 Å². The van der Waals surface area contributed by atoms with Crippen molar-refractivity contribution in [1.82, 2.24) is 0 Å². The van der Waals surface area contributed by atoms with Crippen LogP contribution in [0.4, 0.5) is 0 Å². The predicted octanol–water partition coefficient (Wildman–Crippen LogP) is 3.56. The number of hydrogen-bond donors (Lipinski definition) is 0. The van der Waals surface area contributed by atoms with Crippen LogP contribution in [0.15, 0.2) is 62.4 Å². The normalized spacial score (nSPS) is 11.6. The minimum atomic E-state index is -3.64. The first-order valence-corrected chi connectivity index (χ1v) is 9.15. The van der Waals surface area contributed by atoms with E-state index in [1.165, 1.54) is 24.5 Å². The molecule has 0 unspecified atom stereocenters. The van der Waals surface area contributed by atoms with Crippen LogP contribution in [-0.2, 0) is 10.1 Å². The second-order valence-corrected chi connectivity index (χ2v) is 7.42. The van der Waals surface area contributed by atoms with Crippen LogP contribution in [0.1, 0.15) is 0 Å². The lowest BCUT2D eigenvalue weighted by molar-refractivity contribution is 0.492. The zero-order valence-corrected chi connectivity index (χ0v) is 14.3. The van der Waals surface area contributed by atoms with Gasteiger partial charge in [-0.2, -0.15) is 8.42 Å². The van der Waals surface area contributed by atoms with Gasteiger partial charge in [0.2, 0.25) is 0 Å². The summed E-state index contributed by atoms with van der Waals surface area (Å²) in [5, 5.41) is 0.353. The quantitative estimate of drug-likeness (QED) is 0.634. The van der Waals surface area contributed by atoms with Crippen molar-refractivity contribution in [3.63, 3.8) is 0 Å². The highest BCUT2D eigenvalue weighted by atomic mass is 79.9. The lowest BCUT2D eigenvalue weighted by atomic mass is 10.1. The van der Waals surface area contributed by atoms with Crippen LogP contribution >= 0.6 is 15.9 Å². The third-order valence-corrected chi connectivity index (χ3v) is 4.17. The van der Waals surface area contributed by atoms with E-state index in [9.17, 15) is 13.2 Å². The van der Waals surface area contributed by atoms with E-state index in [0.717, 1.165) is 16.3 Å². The van der Waals surface area contributed by atoms with Crippen LogP contribution in [0.5, 0.6) is 5.75 Å². The van der Waals surface area contributed by atoms with Gasteiger partial charge < -0.3 is 8.60 Å². The number of fused-ring (bicyclic) bond motifs is 1. The van der Waals surface area contributed by atoms with E-state index < -0.39 is 10.1 Å². The largest absolute Gasteiger partial charge is 0.463 e. The summed E-state index contributed by atoms with van der Waals surface area (Å²) in [5.74, 6) is 0.0968. The smallest absolute Gasteiger partial charge is 0.306 e. The molecule has 0 amide bonds. The van der Waals surface area contributed by atoms with Gasteiger partial charge in [0.25, 0.3) is 0 Å². The molecule has 118 valence electrons. The average molecular weight is 395 g/mol. The number of rotatable bonds is 3. The molecule has 0 fully saturated rings. The minimum Gasteiger partial charge on any atom is -0.463 e. The van der Waals surface area contributed by atoms with Crippen LogP contribution in [-0.4, -0.2) is 14.7 Å². The molecule has 0 aliphatic heterocycles. The standard InChI is InChI=1S/C16H11BrO5S/c1-23(19,20)22-12-6-7-13-15(8-12)21-9-14(16(13)18)10-2-4-11(17)5-3-10/h2-9H,1H3. The Labute approximate surface area is 140 Å². The summed E-state index contributed by atoms with van der Waals surface area (Å²) in [5.41, 5.74) is 1.23. The van der Waals surface area contributed by atoms with Gasteiger partial charge in [-0.1, -0.05) is 28.1 Å². The highest BCUT2D eigenvalue weighted by Crippen LogP contribution is 2.24. The van der Waals surface area contributed by atoms with Gasteiger partial charge in [-0.3, -0.25) is 4.79 Å². The maximum Gasteiger partial charge on any atom is 0.306 e. The summed E-state index contributed by atoms with van der Waals surface area (Å²) in [6.45, 7) is 0. The van der Waals surface area contributed by atoms with Crippen molar-refractivity contribution in [3.8, 4) is 16.9 Å². The van der Waals surface area contributed by atoms with Gasteiger partial charge in [-0.05, 0) is 29.8 Å². The zero-order chi connectivity index (χ0) is 16.6. The summed E-state index contributed by atoms with van der Waals surface area (Å²) in [6, 6.07) is 11.6. The molecule has 5 nitrogen and oxygen atoms in total. The van der Waals surface area contributed by atoms with Gasteiger partial charge in [0.15, 0.2) is 5.43 Å². The molecule has 0 aliphatic carbocycles. The van der Waals surface area contributed by atoms with Gasteiger partial charge in [0, 0.05) is 10.5 Å². The highest BCUT2D eigenvalue weighted by Gasteiger charge is 2.11. The SMILES string of the molecule is CS(=O)(=O)Oc1ccc2c(=O)c(-c3ccc(Br)cc3)coc2c1. The fraction of sp³-hybridized carbons (Fsp3) is 0.0625. The first-order chi connectivity index (χ1) is 10.8. The van der Waals surface area contributed by atoms with Crippen molar-refractivity contribution in [2.45, 2.75) is 0 Å². The Hall–Kier alpha value is -2.12. The van der Waals surface area contributed by atoms with E-state index in [1.54, 1.807) is 0 Å². The topological polar surface area (TPSA) is 73.6 Å². The van der Waals surface area contributed by atoms with Crippen molar-refractivity contribution in [1.29, 1.82) is 0 Å². The van der Waals surface area contributed by atoms with Crippen molar-refractivity contribution in [2.24, 2.45) is 0 Å². The molecular formula is C16H11BrO5S. The summed E-state index contributed by atoms with van der Waals surface area (Å²) in [7, 11) is -3.64. The second-order valence-electron chi connectivity index (χ2n) is 4.93. The first-order valence-electron chi connectivity index (χ1n) is 6.54. The van der Waals surface area contributed by atoms with Crippen molar-refractivity contribution >= 4 is 37.0 Å². The van der Waals surface area contributed by atoms with Crippen LogP contribution in [0.2, 0.25) is 0 Å². The molecular weight excluding hydrogens is 384 g/mol. The Morgan fingerprint density at radius 1 is 1.09 bits per heavy atom. The Morgan fingerprint density at radius 2 is 1.78 bits per heavy atom. The number of halogens is 1. The summed E-state index contributed by atoms with van der Waals surface area (Å²) in [4.78, 5) is 12.6. The van der Waals surface area contributed by atoms with Crippen LogP contribution in [0.25, 0.3) is 22.1 Å². The lowest BCUT2D eigenvalue weighted by Crippen LogP contribution is -2.07. The second kappa shape index (κ2) is 5.82. The van der Waals surface area contributed by atoms with Crippen molar-refractivity contribution in [3.05, 3.63) is 63.4 Å². The molecule has 23 heavy (non-hydrogen) atoms. The van der Waals surface area contributed by atoms with Gasteiger partial charge in [0.1, 0.15) is 17.6 Å². The van der Waals surface area contributed by atoms with Crippen LogP contribution < -0.4 is 9.61 Å². The van der Waals surface area contributed by atoms with E-state index in [1.807, 2.05) is 24.3 Å². The maximum atomic E-state index is 12.6. The number of hydrogen-bond acceptors (Lipinski definition) is 5. The summed E-state index contributed by atoms with van der Waals surface area (Å²) >= 11 is 3.34. The molecule has 1 aromatic heterocycles. The molecule has 0 saturated heterocycles. The summed E-state index contributed by atoms with van der Waals surface area (Å²) in [6.07, 6.45) is 2.31. The Morgan fingerprint density at radius 3 is 2.43 bits per heavy atom. The molecule has 0 bridgehead atoms. The third-order valence-electron chi connectivity index (χ3n) is 3.15. The molecule has 7 heteroatoms.